The molecule has 1 unspecified atom stereocenters. The zero-order valence-electron chi connectivity index (χ0n) is 16.1. The van der Waals surface area contributed by atoms with E-state index in [1.807, 2.05) is 0 Å². The number of nitrogens with zero attached hydrogens (tertiary/aromatic N) is 1. The predicted molar refractivity (Wildman–Crippen MR) is 97.4 cm³/mol. The minimum absolute atomic E-state index is 0.268. The lowest BCUT2D eigenvalue weighted by Crippen LogP contribution is -2.73. The van der Waals surface area contributed by atoms with Crippen molar-refractivity contribution in [2.75, 3.05) is 13.2 Å². The van der Waals surface area contributed by atoms with Gasteiger partial charge in [-0.25, -0.2) is 9.78 Å². The lowest BCUT2D eigenvalue weighted by atomic mass is 9.80. The van der Waals surface area contributed by atoms with Crippen LogP contribution < -0.4 is 11.1 Å². The van der Waals surface area contributed by atoms with Crippen LogP contribution in [0.3, 0.4) is 0 Å². The molecule has 0 saturated carbocycles. The molecule has 1 aliphatic heterocycles. The van der Waals surface area contributed by atoms with Crippen LogP contribution >= 0.6 is 0 Å². The Hall–Kier alpha value is -1.93. The molecule has 0 aliphatic carbocycles. The van der Waals surface area contributed by atoms with Gasteiger partial charge in [0.15, 0.2) is 17.0 Å². The average Bonchev–Trinajstić information content (AvgIpc) is 3.28. The third-order valence-electron chi connectivity index (χ3n) is 5.20. The molecular weight excluding hydrogens is 388 g/mol. The first-order valence-electron chi connectivity index (χ1n) is 9.10. The third-order valence-corrected chi connectivity index (χ3v) is 5.20. The van der Waals surface area contributed by atoms with E-state index in [-0.39, 0.29) is 5.69 Å². The molecule has 29 heavy (non-hydrogen) atoms. The lowest BCUT2D eigenvalue weighted by Gasteiger charge is -2.41. The summed E-state index contributed by atoms with van der Waals surface area (Å²) in [7, 11) is 0. The van der Waals surface area contributed by atoms with E-state index in [2.05, 4.69) is 15.3 Å². The fourth-order valence-corrected chi connectivity index (χ4v) is 3.35. The summed E-state index contributed by atoms with van der Waals surface area (Å²) in [5.74, 6) is -2.96. The zero-order chi connectivity index (χ0) is 22.0. The average molecular weight is 416 g/mol. The number of imidazole rings is 1. The molecule has 6 atom stereocenters. The van der Waals surface area contributed by atoms with Gasteiger partial charge in [0.05, 0.1) is 25.6 Å². The van der Waals surface area contributed by atoms with Crippen LogP contribution in [0.4, 0.5) is 0 Å². The quantitative estimate of drug-likeness (QED) is 0.177. The highest BCUT2D eigenvalue weighted by atomic mass is 16.6. The van der Waals surface area contributed by atoms with Crippen molar-refractivity contribution in [1.82, 2.24) is 15.3 Å². The molecule has 1 saturated heterocycles. The van der Waals surface area contributed by atoms with Gasteiger partial charge in [0.1, 0.15) is 18.3 Å². The zero-order valence-corrected chi connectivity index (χ0v) is 16.1. The van der Waals surface area contributed by atoms with Crippen molar-refractivity contribution >= 4 is 11.8 Å². The SMILES string of the molecule is CC(C)[C@H](N)C(=O)[C@@](Cc1cnc[nH]1)(NC1(CO)O[C@H](CO)[C@@H](O)[C@@H]1O)C(=O)O. The largest absolute Gasteiger partial charge is 0.480 e. The summed E-state index contributed by atoms with van der Waals surface area (Å²) in [6.45, 7) is 1.57. The van der Waals surface area contributed by atoms with Crippen LogP contribution in [0.25, 0.3) is 0 Å². The van der Waals surface area contributed by atoms with Crippen LogP contribution in [0.2, 0.25) is 0 Å². The number of aromatic amines is 1. The number of hydrogen-bond donors (Lipinski definition) is 8. The van der Waals surface area contributed by atoms with Crippen molar-refractivity contribution in [1.29, 1.82) is 0 Å². The second-order valence-corrected chi connectivity index (χ2v) is 7.55. The van der Waals surface area contributed by atoms with Crippen molar-refractivity contribution in [3.05, 3.63) is 18.2 Å². The number of carboxylic acids is 1. The highest BCUT2D eigenvalue weighted by Gasteiger charge is 2.61. The molecule has 1 aromatic heterocycles. The molecular formula is C17H28N4O8. The molecule has 1 fully saturated rings. The van der Waals surface area contributed by atoms with E-state index >= 15 is 0 Å². The number of carbonyl (C=O) groups is 2. The summed E-state index contributed by atoms with van der Waals surface area (Å²) < 4.78 is 5.39. The summed E-state index contributed by atoms with van der Waals surface area (Å²) >= 11 is 0. The number of carboxylic acid groups (broad SMARTS) is 1. The van der Waals surface area contributed by atoms with E-state index < -0.39 is 72.9 Å². The summed E-state index contributed by atoms with van der Waals surface area (Å²) in [4.78, 5) is 32.1. The number of carbonyl (C=O) groups excluding carboxylic acids is 1. The number of ether oxygens (including phenoxy) is 1. The normalized spacial score (nSPS) is 30.3. The Morgan fingerprint density at radius 1 is 1.41 bits per heavy atom. The topological polar surface area (TPSA) is 211 Å². The van der Waals surface area contributed by atoms with E-state index in [1.165, 1.54) is 12.5 Å². The van der Waals surface area contributed by atoms with Gasteiger partial charge < -0.3 is 41.0 Å². The summed E-state index contributed by atoms with van der Waals surface area (Å²) in [5, 5.41) is 52.3. The van der Waals surface area contributed by atoms with Crippen LogP contribution in [0.5, 0.6) is 0 Å². The Morgan fingerprint density at radius 3 is 2.48 bits per heavy atom. The van der Waals surface area contributed by atoms with Crippen LogP contribution in [0.15, 0.2) is 12.5 Å². The van der Waals surface area contributed by atoms with E-state index in [4.69, 9.17) is 10.5 Å². The number of ketones is 1. The summed E-state index contributed by atoms with van der Waals surface area (Å²) in [6.07, 6.45) is -2.63. The van der Waals surface area contributed by atoms with Crippen molar-refractivity contribution in [2.45, 2.75) is 55.9 Å². The van der Waals surface area contributed by atoms with E-state index in [0.29, 0.717) is 0 Å². The highest BCUT2D eigenvalue weighted by Crippen LogP contribution is 2.33. The first-order chi connectivity index (χ1) is 13.5. The third kappa shape index (κ3) is 4.19. The number of hydrogen-bond acceptors (Lipinski definition) is 10. The molecule has 2 heterocycles. The van der Waals surface area contributed by atoms with Gasteiger partial charge in [-0.1, -0.05) is 13.8 Å². The Kier molecular flexibility index (Phi) is 7.11. The first-order valence-corrected chi connectivity index (χ1v) is 9.10. The molecule has 9 N–H and O–H groups in total. The monoisotopic (exact) mass is 416 g/mol. The molecule has 0 bridgehead atoms. The fraction of sp³-hybridized carbons (Fsp3) is 0.706. The van der Waals surface area contributed by atoms with Gasteiger partial charge in [-0.3, -0.25) is 10.1 Å². The number of aromatic nitrogens is 2. The highest BCUT2D eigenvalue weighted by molar-refractivity contribution is 6.10. The Bertz CT molecular complexity index is 714. The predicted octanol–water partition coefficient (Wildman–Crippen LogP) is -3.28. The molecule has 164 valence electrons. The van der Waals surface area contributed by atoms with Crippen LogP contribution in [-0.4, -0.2) is 96.1 Å². The maximum absolute atomic E-state index is 13.2. The van der Waals surface area contributed by atoms with Crippen molar-refractivity contribution < 1.29 is 39.9 Å². The number of aliphatic carboxylic acids is 1. The smallest absolute Gasteiger partial charge is 0.332 e. The summed E-state index contributed by atoms with van der Waals surface area (Å²) in [5.41, 5.74) is 1.54. The molecule has 2 rings (SSSR count). The molecule has 0 radical (unpaired) electrons. The first kappa shape index (κ1) is 23.3. The maximum atomic E-state index is 13.2. The van der Waals surface area contributed by atoms with Crippen molar-refractivity contribution in [3.63, 3.8) is 0 Å². The van der Waals surface area contributed by atoms with Crippen LogP contribution in [-0.2, 0) is 20.7 Å². The number of aliphatic hydroxyl groups is 4. The van der Waals surface area contributed by atoms with Gasteiger partial charge in [-0.15, -0.1) is 0 Å². The van der Waals surface area contributed by atoms with Gasteiger partial charge in [-0.05, 0) is 5.92 Å². The maximum Gasteiger partial charge on any atom is 0.332 e. The number of Topliss-reactive ketones (excluding diaryl/α,β-unsaturated/α-hetero) is 1. The van der Waals surface area contributed by atoms with Crippen molar-refractivity contribution in [2.24, 2.45) is 11.7 Å². The van der Waals surface area contributed by atoms with E-state index in [9.17, 15) is 35.1 Å². The second-order valence-electron chi connectivity index (χ2n) is 7.55. The van der Waals surface area contributed by atoms with E-state index in [1.54, 1.807) is 13.8 Å². The minimum Gasteiger partial charge on any atom is -0.480 e. The summed E-state index contributed by atoms with van der Waals surface area (Å²) in [6, 6.07) is -1.20. The number of nitrogens with one attached hydrogen (secondary N) is 2. The number of rotatable bonds is 10. The molecule has 12 heteroatoms. The van der Waals surface area contributed by atoms with Gasteiger partial charge in [-0.2, -0.15) is 0 Å². The Balaban J connectivity index is 2.56. The molecule has 0 amide bonds. The molecule has 0 spiro atoms. The minimum atomic E-state index is -2.44. The van der Waals surface area contributed by atoms with E-state index in [0.717, 1.165) is 0 Å². The van der Waals surface area contributed by atoms with Gasteiger partial charge in [0, 0.05) is 18.3 Å². The molecule has 12 nitrogen and oxygen atoms in total. The van der Waals surface area contributed by atoms with Gasteiger partial charge >= 0.3 is 5.97 Å². The molecule has 1 aliphatic rings. The van der Waals surface area contributed by atoms with Crippen molar-refractivity contribution in [3.8, 4) is 0 Å². The number of nitrogens with two attached hydrogens (primary N) is 1. The number of H-pyrrole nitrogens is 1. The Morgan fingerprint density at radius 2 is 2.07 bits per heavy atom. The van der Waals surface area contributed by atoms with Crippen LogP contribution in [0.1, 0.15) is 19.5 Å². The van der Waals surface area contributed by atoms with Gasteiger partial charge in [0.2, 0.25) is 0 Å². The van der Waals surface area contributed by atoms with Crippen LogP contribution in [0, 0.1) is 5.92 Å². The lowest BCUT2D eigenvalue weighted by molar-refractivity contribution is -0.174. The molecule has 1 aromatic rings. The van der Waals surface area contributed by atoms with Gasteiger partial charge in [0.25, 0.3) is 0 Å². The fourth-order valence-electron chi connectivity index (χ4n) is 3.35. The number of aliphatic hydroxyl groups excluding tert-OH is 4. The Labute approximate surface area is 166 Å². The second kappa shape index (κ2) is 8.83. The standard InChI is InChI=1S/C17H28N4O8/c1-8(2)11(18)13(25)16(15(27)28,3-9-4-19-7-20-9)21-17(6-23)14(26)12(24)10(5-22)29-17/h4,7-8,10-12,14,21-24,26H,3,5-6,18H2,1-2H3,(H,19,20)(H,27,28)/t10-,11+,12-,14+,16-,17?/m1/s1. The molecule has 0 aromatic carbocycles.